The van der Waals surface area contributed by atoms with E-state index in [0.717, 1.165) is 23.4 Å². The van der Waals surface area contributed by atoms with Gasteiger partial charge in [0.1, 0.15) is 0 Å². The van der Waals surface area contributed by atoms with Gasteiger partial charge < -0.3 is 5.32 Å². The molecule has 0 spiro atoms. The summed E-state index contributed by atoms with van der Waals surface area (Å²) in [7, 11) is 0. The topological polar surface area (TPSA) is 64.0 Å². The molecule has 2 heterocycles. The van der Waals surface area contributed by atoms with Gasteiger partial charge in [-0.1, -0.05) is 6.07 Å². The third-order valence-electron chi connectivity index (χ3n) is 3.45. The van der Waals surface area contributed by atoms with Crippen LogP contribution in [0.15, 0.2) is 40.5 Å². The predicted octanol–water partition coefficient (Wildman–Crippen LogP) is 2.01. The van der Waals surface area contributed by atoms with Gasteiger partial charge in [-0.15, -0.1) is 11.3 Å². The van der Waals surface area contributed by atoms with Gasteiger partial charge in [0, 0.05) is 29.5 Å². The molecule has 114 valence electrons. The van der Waals surface area contributed by atoms with Crippen LogP contribution in [0.25, 0.3) is 6.08 Å². The van der Waals surface area contributed by atoms with Gasteiger partial charge in [-0.2, -0.15) is 5.10 Å². The van der Waals surface area contributed by atoms with Crippen molar-refractivity contribution in [2.24, 2.45) is 0 Å². The fourth-order valence-electron chi connectivity index (χ4n) is 2.11. The summed E-state index contributed by atoms with van der Waals surface area (Å²) in [6.45, 7) is 0.770. The predicted molar refractivity (Wildman–Crippen MR) is 86.8 cm³/mol. The first kappa shape index (κ1) is 14.7. The zero-order chi connectivity index (χ0) is 15.4. The molecule has 0 aliphatic heterocycles. The summed E-state index contributed by atoms with van der Waals surface area (Å²) in [5, 5.41) is 9.08. The highest BCUT2D eigenvalue weighted by atomic mass is 32.1. The molecule has 0 atom stereocenters. The molecule has 0 bridgehead atoms. The number of nitrogens with one attached hydrogen (secondary N) is 1. The number of aromatic nitrogens is 2. The molecule has 22 heavy (non-hydrogen) atoms. The first-order valence-corrected chi connectivity index (χ1v) is 8.18. The van der Waals surface area contributed by atoms with Crippen LogP contribution in [0.2, 0.25) is 0 Å². The molecule has 6 heteroatoms. The van der Waals surface area contributed by atoms with Crippen LogP contribution >= 0.6 is 11.3 Å². The number of hydrogen-bond donors (Lipinski definition) is 1. The Balaban J connectivity index is 1.51. The van der Waals surface area contributed by atoms with E-state index < -0.39 is 0 Å². The third kappa shape index (κ3) is 3.92. The SMILES string of the molecule is O=C(/C=C/c1cccs1)NCCn1nc(C2CC2)ccc1=O. The van der Waals surface area contributed by atoms with Gasteiger partial charge in [-0.25, -0.2) is 4.68 Å². The van der Waals surface area contributed by atoms with E-state index in [1.165, 1.54) is 10.8 Å². The molecule has 0 radical (unpaired) electrons. The number of nitrogens with zero attached hydrogens (tertiary/aromatic N) is 2. The minimum absolute atomic E-state index is 0.132. The van der Waals surface area contributed by atoms with Crippen molar-refractivity contribution < 1.29 is 4.79 Å². The van der Waals surface area contributed by atoms with Gasteiger partial charge in [0.05, 0.1) is 12.2 Å². The zero-order valence-electron chi connectivity index (χ0n) is 12.1. The monoisotopic (exact) mass is 315 g/mol. The van der Waals surface area contributed by atoms with Gasteiger partial charge in [0.15, 0.2) is 0 Å². The summed E-state index contributed by atoms with van der Waals surface area (Å²) in [5.41, 5.74) is 0.844. The second-order valence-electron chi connectivity index (χ2n) is 5.23. The van der Waals surface area contributed by atoms with E-state index in [-0.39, 0.29) is 11.5 Å². The Morgan fingerprint density at radius 2 is 2.27 bits per heavy atom. The van der Waals surface area contributed by atoms with E-state index in [9.17, 15) is 9.59 Å². The maximum Gasteiger partial charge on any atom is 0.266 e. The average Bonchev–Trinajstić information content (AvgIpc) is 3.23. The van der Waals surface area contributed by atoms with Crippen molar-refractivity contribution in [2.45, 2.75) is 25.3 Å². The maximum atomic E-state index is 11.7. The Kier molecular flexibility index (Phi) is 4.48. The largest absolute Gasteiger partial charge is 0.351 e. The molecule has 1 amide bonds. The van der Waals surface area contributed by atoms with Crippen LogP contribution in [0.5, 0.6) is 0 Å². The Morgan fingerprint density at radius 1 is 1.41 bits per heavy atom. The minimum atomic E-state index is -0.167. The second kappa shape index (κ2) is 6.70. The van der Waals surface area contributed by atoms with Crippen LogP contribution in [0.4, 0.5) is 0 Å². The molecule has 1 saturated carbocycles. The van der Waals surface area contributed by atoms with Crippen LogP contribution in [-0.2, 0) is 11.3 Å². The summed E-state index contributed by atoms with van der Waals surface area (Å²) < 4.78 is 1.43. The minimum Gasteiger partial charge on any atom is -0.351 e. The van der Waals surface area contributed by atoms with Crippen LogP contribution in [0.1, 0.15) is 29.3 Å². The van der Waals surface area contributed by atoms with E-state index in [4.69, 9.17) is 0 Å². The van der Waals surface area contributed by atoms with Gasteiger partial charge in [0.25, 0.3) is 5.56 Å². The molecule has 1 N–H and O–H groups in total. The van der Waals surface area contributed by atoms with Crippen molar-refractivity contribution in [2.75, 3.05) is 6.54 Å². The zero-order valence-corrected chi connectivity index (χ0v) is 12.9. The summed E-state index contributed by atoms with van der Waals surface area (Å²) in [4.78, 5) is 24.5. The van der Waals surface area contributed by atoms with Crippen molar-refractivity contribution in [3.05, 3.63) is 56.6 Å². The summed E-state index contributed by atoms with van der Waals surface area (Å²) in [6.07, 6.45) is 5.58. The Labute approximate surface area is 132 Å². The lowest BCUT2D eigenvalue weighted by Crippen LogP contribution is -2.31. The molecular weight excluding hydrogens is 298 g/mol. The lowest BCUT2D eigenvalue weighted by Gasteiger charge is -2.06. The van der Waals surface area contributed by atoms with E-state index in [2.05, 4.69) is 10.4 Å². The standard InChI is InChI=1S/C16H17N3O2S/c20-15(7-5-13-2-1-11-22-13)17-9-10-19-16(21)8-6-14(18-19)12-3-4-12/h1-2,5-8,11-12H,3-4,9-10H2,(H,17,20)/b7-5+. The van der Waals surface area contributed by atoms with E-state index in [0.29, 0.717) is 19.0 Å². The van der Waals surface area contributed by atoms with Crippen molar-refractivity contribution >= 4 is 23.3 Å². The van der Waals surface area contributed by atoms with E-state index in [1.807, 2.05) is 17.5 Å². The molecule has 2 aromatic rings. The van der Waals surface area contributed by atoms with Gasteiger partial charge in [0.2, 0.25) is 5.91 Å². The fraction of sp³-hybridized carbons (Fsp3) is 0.312. The van der Waals surface area contributed by atoms with E-state index in [1.54, 1.807) is 29.5 Å². The maximum absolute atomic E-state index is 11.7. The van der Waals surface area contributed by atoms with Gasteiger partial charge >= 0.3 is 0 Å². The first-order valence-electron chi connectivity index (χ1n) is 7.30. The van der Waals surface area contributed by atoms with Gasteiger partial charge in [-0.05, 0) is 36.4 Å². The van der Waals surface area contributed by atoms with Crippen molar-refractivity contribution in [3.63, 3.8) is 0 Å². The summed E-state index contributed by atoms with van der Waals surface area (Å²) >= 11 is 1.58. The molecule has 5 nitrogen and oxygen atoms in total. The summed E-state index contributed by atoms with van der Waals surface area (Å²) in [5.74, 6) is 0.343. The number of carbonyl (C=O) groups is 1. The average molecular weight is 315 g/mol. The van der Waals surface area contributed by atoms with Crippen LogP contribution in [0.3, 0.4) is 0 Å². The molecule has 3 rings (SSSR count). The Morgan fingerprint density at radius 3 is 3.00 bits per heavy atom. The molecule has 0 aromatic carbocycles. The highest BCUT2D eigenvalue weighted by Gasteiger charge is 2.25. The molecule has 1 fully saturated rings. The highest BCUT2D eigenvalue weighted by molar-refractivity contribution is 7.10. The van der Waals surface area contributed by atoms with Crippen LogP contribution < -0.4 is 10.9 Å². The fourth-order valence-corrected chi connectivity index (χ4v) is 2.73. The number of hydrogen-bond acceptors (Lipinski definition) is 4. The highest BCUT2D eigenvalue weighted by Crippen LogP contribution is 2.38. The summed E-state index contributed by atoms with van der Waals surface area (Å²) in [6, 6.07) is 7.24. The molecule has 1 aliphatic rings. The number of rotatable bonds is 6. The molecule has 2 aromatic heterocycles. The smallest absolute Gasteiger partial charge is 0.266 e. The lowest BCUT2D eigenvalue weighted by molar-refractivity contribution is -0.116. The number of amides is 1. The first-order chi connectivity index (χ1) is 10.7. The van der Waals surface area contributed by atoms with Crippen LogP contribution in [0, 0.1) is 0 Å². The molecular formula is C16H17N3O2S. The second-order valence-corrected chi connectivity index (χ2v) is 6.21. The third-order valence-corrected chi connectivity index (χ3v) is 4.29. The number of carbonyl (C=O) groups excluding carboxylic acids is 1. The quantitative estimate of drug-likeness (QED) is 0.829. The molecule has 0 saturated heterocycles. The van der Waals surface area contributed by atoms with Crippen molar-refractivity contribution in [3.8, 4) is 0 Å². The number of thiophene rings is 1. The van der Waals surface area contributed by atoms with Crippen LogP contribution in [-0.4, -0.2) is 22.2 Å². The van der Waals surface area contributed by atoms with Gasteiger partial charge in [-0.3, -0.25) is 9.59 Å². The Bertz CT molecular complexity index is 730. The van der Waals surface area contributed by atoms with Crippen molar-refractivity contribution in [1.29, 1.82) is 0 Å². The molecule has 1 aliphatic carbocycles. The van der Waals surface area contributed by atoms with E-state index >= 15 is 0 Å². The Hall–Kier alpha value is -2.21. The molecule has 0 unspecified atom stereocenters. The lowest BCUT2D eigenvalue weighted by atomic mass is 10.3. The normalized spacial score (nSPS) is 14.4. The van der Waals surface area contributed by atoms with Crippen molar-refractivity contribution in [1.82, 2.24) is 15.1 Å².